The van der Waals surface area contributed by atoms with Gasteiger partial charge in [-0.05, 0) is 35.7 Å². The molecular weight excluding hydrogens is 226 g/mol. The minimum atomic E-state index is -0.925. The number of carboxylic acids is 1. The summed E-state index contributed by atoms with van der Waals surface area (Å²) in [6, 6.07) is 14.4. The monoisotopic (exact) mass is 241 g/mol. The number of hydrogen-bond donors (Lipinski definition) is 2. The maximum absolute atomic E-state index is 10.8. The van der Waals surface area contributed by atoms with Crippen molar-refractivity contribution in [3.63, 3.8) is 0 Å². The van der Waals surface area contributed by atoms with E-state index in [1.165, 1.54) is 0 Å². The Morgan fingerprint density at radius 2 is 1.72 bits per heavy atom. The van der Waals surface area contributed by atoms with Gasteiger partial charge in [-0.3, -0.25) is 0 Å². The molecule has 3 N–H and O–H groups in total. The number of hydrogen-bond acceptors (Lipinski definition) is 2. The standard InChI is InChI=1S/C15H15NO2/c1-10-4-2-3-5-13(10)14(16)11-6-8-12(9-7-11)15(17)18/h2-9,14H,16H2,1H3,(H,17,18). The van der Waals surface area contributed by atoms with Crippen LogP contribution in [0.3, 0.4) is 0 Å². The van der Waals surface area contributed by atoms with Crippen LogP contribution in [-0.4, -0.2) is 11.1 Å². The van der Waals surface area contributed by atoms with Crippen molar-refractivity contribution in [2.75, 3.05) is 0 Å². The quantitative estimate of drug-likeness (QED) is 0.868. The number of aromatic carboxylic acids is 1. The van der Waals surface area contributed by atoms with Gasteiger partial charge in [0.15, 0.2) is 0 Å². The molecule has 2 rings (SSSR count). The Kier molecular flexibility index (Phi) is 3.44. The van der Waals surface area contributed by atoms with E-state index in [2.05, 4.69) is 0 Å². The second kappa shape index (κ2) is 5.02. The third-order valence-electron chi connectivity index (χ3n) is 3.04. The molecule has 3 heteroatoms. The lowest BCUT2D eigenvalue weighted by Gasteiger charge is -2.15. The van der Waals surface area contributed by atoms with E-state index in [0.29, 0.717) is 0 Å². The van der Waals surface area contributed by atoms with Crippen LogP contribution < -0.4 is 5.73 Å². The summed E-state index contributed by atoms with van der Waals surface area (Å²) < 4.78 is 0. The minimum Gasteiger partial charge on any atom is -0.478 e. The third kappa shape index (κ3) is 2.41. The van der Waals surface area contributed by atoms with Gasteiger partial charge in [-0.25, -0.2) is 4.79 Å². The number of carboxylic acid groups (broad SMARTS) is 1. The molecule has 1 atom stereocenters. The van der Waals surface area contributed by atoms with E-state index in [1.807, 2.05) is 31.2 Å². The van der Waals surface area contributed by atoms with E-state index >= 15 is 0 Å². The SMILES string of the molecule is Cc1ccccc1C(N)c1ccc(C(=O)O)cc1. The Morgan fingerprint density at radius 3 is 2.28 bits per heavy atom. The highest BCUT2D eigenvalue weighted by Crippen LogP contribution is 2.22. The van der Waals surface area contributed by atoms with Crippen molar-refractivity contribution in [3.05, 3.63) is 70.8 Å². The molecule has 2 aromatic rings. The number of rotatable bonds is 3. The van der Waals surface area contributed by atoms with Gasteiger partial charge in [0.05, 0.1) is 11.6 Å². The Bertz CT molecular complexity index is 561. The van der Waals surface area contributed by atoms with Gasteiger partial charge in [0.1, 0.15) is 0 Å². The lowest BCUT2D eigenvalue weighted by molar-refractivity contribution is 0.0697. The van der Waals surface area contributed by atoms with Crippen LogP contribution in [0.2, 0.25) is 0 Å². The molecule has 0 saturated carbocycles. The highest BCUT2D eigenvalue weighted by atomic mass is 16.4. The average Bonchev–Trinajstić information content (AvgIpc) is 2.38. The first-order chi connectivity index (χ1) is 8.59. The van der Waals surface area contributed by atoms with Crippen molar-refractivity contribution < 1.29 is 9.90 Å². The average molecular weight is 241 g/mol. The highest BCUT2D eigenvalue weighted by Gasteiger charge is 2.11. The van der Waals surface area contributed by atoms with Crippen LogP contribution >= 0.6 is 0 Å². The first-order valence-electron chi connectivity index (χ1n) is 5.74. The maximum atomic E-state index is 10.8. The molecule has 1 unspecified atom stereocenters. The van der Waals surface area contributed by atoms with E-state index in [4.69, 9.17) is 10.8 Å². The van der Waals surface area contributed by atoms with Crippen molar-refractivity contribution in [1.82, 2.24) is 0 Å². The van der Waals surface area contributed by atoms with Crippen molar-refractivity contribution >= 4 is 5.97 Å². The third-order valence-corrected chi connectivity index (χ3v) is 3.04. The van der Waals surface area contributed by atoms with Crippen LogP contribution in [0, 0.1) is 6.92 Å². The van der Waals surface area contributed by atoms with Crippen LogP contribution in [0.5, 0.6) is 0 Å². The summed E-state index contributed by atoms with van der Waals surface area (Å²) in [5, 5.41) is 8.84. The van der Waals surface area contributed by atoms with Crippen LogP contribution in [0.25, 0.3) is 0 Å². The van der Waals surface area contributed by atoms with Gasteiger partial charge in [0, 0.05) is 0 Å². The maximum Gasteiger partial charge on any atom is 0.335 e. The molecule has 18 heavy (non-hydrogen) atoms. The lowest BCUT2D eigenvalue weighted by atomic mass is 9.95. The van der Waals surface area contributed by atoms with Gasteiger partial charge in [-0.1, -0.05) is 36.4 Å². The zero-order chi connectivity index (χ0) is 13.1. The molecule has 92 valence electrons. The van der Waals surface area contributed by atoms with E-state index in [0.717, 1.165) is 16.7 Å². The van der Waals surface area contributed by atoms with E-state index in [1.54, 1.807) is 24.3 Å². The predicted molar refractivity (Wildman–Crippen MR) is 70.6 cm³/mol. The van der Waals surface area contributed by atoms with Gasteiger partial charge in [-0.15, -0.1) is 0 Å². The normalized spacial score (nSPS) is 12.1. The molecule has 0 bridgehead atoms. The Hall–Kier alpha value is -2.13. The molecule has 0 amide bonds. The zero-order valence-electron chi connectivity index (χ0n) is 10.1. The molecule has 0 aliphatic carbocycles. The fourth-order valence-electron chi connectivity index (χ4n) is 1.95. The van der Waals surface area contributed by atoms with Crippen molar-refractivity contribution in [1.29, 1.82) is 0 Å². The van der Waals surface area contributed by atoms with Gasteiger partial charge >= 0.3 is 5.97 Å². The van der Waals surface area contributed by atoms with Gasteiger partial charge in [-0.2, -0.15) is 0 Å². The summed E-state index contributed by atoms with van der Waals surface area (Å²) in [4.78, 5) is 10.8. The lowest BCUT2D eigenvalue weighted by Crippen LogP contribution is -2.13. The zero-order valence-corrected chi connectivity index (χ0v) is 10.1. The summed E-state index contributed by atoms with van der Waals surface area (Å²) in [6.45, 7) is 2.01. The molecule has 0 aromatic heterocycles. The predicted octanol–water partition coefficient (Wildman–Crippen LogP) is 2.74. The molecule has 0 saturated heterocycles. The number of benzene rings is 2. The summed E-state index contributed by atoms with van der Waals surface area (Å²) in [6.07, 6.45) is 0. The molecule has 0 heterocycles. The Morgan fingerprint density at radius 1 is 1.11 bits per heavy atom. The van der Waals surface area contributed by atoms with Gasteiger partial charge in [0.2, 0.25) is 0 Å². The Balaban J connectivity index is 2.32. The topological polar surface area (TPSA) is 63.3 Å². The summed E-state index contributed by atoms with van der Waals surface area (Å²) in [7, 11) is 0. The second-order valence-electron chi connectivity index (χ2n) is 4.26. The number of aryl methyl sites for hydroxylation is 1. The summed E-state index contributed by atoms with van der Waals surface area (Å²) >= 11 is 0. The first kappa shape index (κ1) is 12.3. The van der Waals surface area contributed by atoms with Gasteiger partial charge < -0.3 is 10.8 Å². The Labute approximate surface area is 106 Å². The largest absolute Gasteiger partial charge is 0.478 e. The first-order valence-corrected chi connectivity index (χ1v) is 5.74. The summed E-state index contributed by atoms with van der Waals surface area (Å²) in [5.41, 5.74) is 9.57. The van der Waals surface area contributed by atoms with E-state index < -0.39 is 5.97 Å². The molecule has 0 radical (unpaired) electrons. The highest BCUT2D eigenvalue weighted by molar-refractivity contribution is 5.87. The van der Waals surface area contributed by atoms with Crippen LogP contribution in [0.4, 0.5) is 0 Å². The number of nitrogens with two attached hydrogens (primary N) is 1. The summed E-state index contributed by atoms with van der Waals surface area (Å²) in [5.74, 6) is -0.925. The van der Waals surface area contributed by atoms with Crippen LogP contribution in [0.1, 0.15) is 33.1 Å². The molecule has 0 aliphatic heterocycles. The van der Waals surface area contributed by atoms with Crippen molar-refractivity contribution in [3.8, 4) is 0 Å². The molecular formula is C15H15NO2. The van der Waals surface area contributed by atoms with Gasteiger partial charge in [0.25, 0.3) is 0 Å². The van der Waals surface area contributed by atoms with Crippen molar-refractivity contribution in [2.24, 2.45) is 5.73 Å². The fourth-order valence-corrected chi connectivity index (χ4v) is 1.95. The smallest absolute Gasteiger partial charge is 0.335 e. The molecule has 0 aliphatic rings. The van der Waals surface area contributed by atoms with E-state index in [-0.39, 0.29) is 11.6 Å². The molecule has 0 spiro atoms. The number of carbonyl (C=O) groups is 1. The minimum absolute atomic E-state index is 0.228. The second-order valence-corrected chi connectivity index (χ2v) is 4.26. The molecule has 0 fully saturated rings. The molecule has 2 aromatic carbocycles. The van der Waals surface area contributed by atoms with Crippen LogP contribution in [-0.2, 0) is 0 Å². The van der Waals surface area contributed by atoms with E-state index in [9.17, 15) is 4.79 Å². The molecule has 3 nitrogen and oxygen atoms in total. The van der Waals surface area contributed by atoms with Crippen molar-refractivity contribution in [2.45, 2.75) is 13.0 Å². The fraction of sp³-hybridized carbons (Fsp3) is 0.133. The van der Waals surface area contributed by atoms with Crippen LogP contribution in [0.15, 0.2) is 48.5 Å².